The number of aliphatic hydroxyl groups excluding tert-OH is 1. The highest BCUT2D eigenvalue weighted by Crippen LogP contribution is 2.66. The standard InChI is InChI=1S/C30H47N3O4S/c1-9-15-31-16-11-13-29(8)21(24(31)35)22-25(36)33(20(10-2)18-34)23-26(37)32(17-12-14-30(22,23)38-29)28(6,7)19-27(3,4)5/h11-14,20-23,34H,9-10,15-19H2,1-8H3/t20-,21-,22-,23?,29+,30-/m0/s1. The summed E-state index contributed by atoms with van der Waals surface area (Å²) in [6.07, 6.45) is 10.5. The Labute approximate surface area is 233 Å². The Hall–Kier alpha value is -1.80. The second kappa shape index (κ2) is 9.99. The number of hydrogen-bond acceptors (Lipinski definition) is 5. The number of carbonyl (C=O) groups excluding carboxylic acids is 3. The van der Waals surface area contributed by atoms with E-state index in [0.717, 1.165) is 12.8 Å². The average molecular weight is 546 g/mol. The Bertz CT molecular complexity index is 1030. The molecule has 8 heteroatoms. The third-order valence-electron chi connectivity index (χ3n) is 8.84. The van der Waals surface area contributed by atoms with Gasteiger partial charge < -0.3 is 19.8 Å². The highest BCUT2D eigenvalue weighted by atomic mass is 32.2. The van der Waals surface area contributed by atoms with Crippen LogP contribution in [0.1, 0.15) is 74.7 Å². The smallest absolute Gasteiger partial charge is 0.247 e. The van der Waals surface area contributed by atoms with Gasteiger partial charge in [0, 0.05) is 29.9 Å². The second-order valence-electron chi connectivity index (χ2n) is 13.6. The van der Waals surface area contributed by atoms with Gasteiger partial charge in [-0.2, -0.15) is 0 Å². The van der Waals surface area contributed by atoms with Gasteiger partial charge in [-0.25, -0.2) is 0 Å². The number of aliphatic hydroxyl groups is 1. The van der Waals surface area contributed by atoms with Crippen LogP contribution in [0.3, 0.4) is 0 Å². The van der Waals surface area contributed by atoms with Gasteiger partial charge in [0.2, 0.25) is 17.7 Å². The normalized spacial score (nSPS) is 34.3. The Morgan fingerprint density at radius 2 is 1.66 bits per heavy atom. The highest BCUT2D eigenvalue weighted by Gasteiger charge is 2.74. The Balaban J connectivity index is 1.88. The molecule has 0 saturated carbocycles. The van der Waals surface area contributed by atoms with Crippen molar-refractivity contribution in [2.45, 2.75) is 102 Å². The summed E-state index contributed by atoms with van der Waals surface area (Å²) < 4.78 is -1.48. The minimum Gasteiger partial charge on any atom is -0.394 e. The van der Waals surface area contributed by atoms with E-state index in [9.17, 15) is 19.5 Å². The van der Waals surface area contributed by atoms with E-state index in [-0.39, 0.29) is 29.7 Å². The van der Waals surface area contributed by atoms with Gasteiger partial charge in [-0.05, 0) is 45.4 Å². The molecular formula is C30H47N3O4S. The van der Waals surface area contributed by atoms with Crippen molar-refractivity contribution in [1.29, 1.82) is 0 Å². The van der Waals surface area contributed by atoms with E-state index in [2.05, 4.69) is 66.7 Å². The van der Waals surface area contributed by atoms with E-state index in [4.69, 9.17) is 0 Å². The number of rotatable bonds is 7. The van der Waals surface area contributed by atoms with Gasteiger partial charge in [-0.15, -0.1) is 11.8 Å². The zero-order valence-corrected chi connectivity index (χ0v) is 25.3. The van der Waals surface area contributed by atoms with E-state index >= 15 is 0 Å². The highest BCUT2D eigenvalue weighted by molar-refractivity contribution is 8.02. The first-order chi connectivity index (χ1) is 17.7. The van der Waals surface area contributed by atoms with Crippen molar-refractivity contribution in [2.75, 3.05) is 26.2 Å². The Morgan fingerprint density at radius 1 is 1.00 bits per heavy atom. The fourth-order valence-electron chi connectivity index (χ4n) is 7.73. The molecule has 0 aromatic heterocycles. The molecule has 0 radical (unpaired) electrons. The van der Waals surface area contributed by atoms with Crippen LogP contribution >= 0.6 is 11.8 Å². The van der Waals surface area contributed by atoms with E-state index < -0.39 is 39.0 Å². The fourth-order valence-corrected chi connectivity index (χ4v) is 9.87. The zero-order chi connectivity index (χ0) is 28.3. The van der Waals surface area contributed by atoms with Gasteiger partial charge in [0.15, 0.2) is 0 Å². The van der Waals surface area contributed by atoms with Crippen LogP contribution in [-0.2, 0) is 14.4 Å². The summed E-state index contributed by atoms with van der Waals surface area (Å²) in [7, 11) is 0. The van der Waals surface area contributed by atoms with Crippen LogP contribution in [-0.4, -0.2) is 90.9 Å². The molecule has 1 unspecified atom stereocenters. The van der Waals surface area contributed by atoms with Gasteiger partial charge in [-0.1, -0.05) is 58.9 Å². The molecule has 3 amide bonds. The van der Waals surface area contributed by atoms with E-state index in [1.165, 1.54) is 0 Å². The molecule has 0 aromatic carbocycles. The van der Waals surface area contributed by atoms with E-state index in [1.807, 2.05) is 22.8 Å². The SMILES string of the molecule is CCCN1CC=C[C@@]2(C)S[C@]34C=CCN(C(C)(C)CC(C)(C)C)C(=O)C3N([C@@H](CC)CO)C(=O)[C@@H]4[C@H]2C1=O. The van der Waals surface area contributed by atoms with Crippen molar-refractivity contribution in [3.63, 3.8) is 0 Å². The molecule has 7 nitrogen and oxygen atoms in total. The van der Waals surface area contributed by atoms with Gasteiger partial charge in [0.05, 0.1) is 29.2 Å². The second-order valence-corrected chi connectivity index (χ2v) is 15.4. The molecule has 0 bridgehead atoms. The predicted molar refractivity (Wildman–Crippen MR) is 153 cm³/mol. The van der Waals surface area contributed by atoms with Gasteiger partial charge in [-0.3, -0.25) is 14.4 Å². The fraction of sp³-hybridized carbons (Fsp3) is 0.767. The van der Waals surface area contributed by atoms with Crippen LogP contribution in [0.25, 0.3) is 0 Å². The van der Waals surface area contributed by atoms with E-state index in [0.29, 0.717) is 26.1 Å². The molecule has 212 valence electrons. The molecule has 2 saturated heterocycles. The number of thioether (sulfide) groups is 1. The van der Waals surface area contributed by atoms with Crippen LogP contribution in [0, 0.1) is 17.3 Å². The van der Waals surface area contributed by atoms with Crippen molar-refractivity contribution in [2.24, 2.45) is 17.3 Å². The molecule has 4 aliphatic rings. The first-order valence-electron chi connectivity index (χ1n) is 14.3. The quantitative estimate of drug-likeness (QED) is 0.492. The van der Waals surface area contributed by atoms with Gasteiger partial charge in [0.25, 0.3) is 0 Å². The molecule has 4 rings (SSSR count). The maximum absolute atomic E-state index is 14.7. The minimum atomic E-state index is -0.877. The Kier molecular flexibility index (Phi) is 7.67. The molecule has 6 atom stereocenters. The number of carbonyl (C=O) groups is 3. The third-order valence-corrected chi connectivity index (χ3v) is 10.6. The third kappa shape index (κ3) is 4.53. The predicted octanol–water partition coefficient (Wildman–Crippen LogP) is 3.87. The van der Waals surface area contributed by atoms with Crippen LogP contribution in [0.4, 0.5) is 0 Å². The lowest BCUT2D eigenvalue weighted by molar-refractivity contribution is -0.149. The first kappa shape index (κ1) is 29.2. The summed E-state index contributed by atoms with van der Waals surface area (Å²) in [5.41, 5.74) is -0.436. The monoisotopic (exact) mass is 545 g/mol. The molecule has 4 heterocycles. The lowest BCUT2D eigenvalue weighted by Crippen LogP contribution is -2.60. The Morgan fingerprint density at radius 3 is 2.24 bits per heavy atom. The number of amides is 3. The van der Waals surface area contributed by atoms with Crippen molar-refractivity contribution in [1.82, 2.24) is 14.7 Å². The van der Waals surface area contributed by atoms with Crippen LogP contribution in [0.2, 0.25) is 0 Å². The van der Waals surface area contributed by atoms with Crippen molar-refractivity contribution in [3.8, 4) is 0 Å². The average Bonchev–Trinajstić information content (AvgIpc) is 3.07. The summed E-state index contributed by atoms with van der Waals surface area (Å²) in [5, 5.41) is 10.4. The number of hydrogen-bond donors (Lipinski definition) is 1. The zero-order valence-electron chi connectivity index (χ0n) is 24.5. The van der Waals surface area contributed by atoms with Crippen molar-refractivity contribution in [3.05, 3.63) is 24.3 Å². The topological polar surface area (TPSA) is 81.2 Å². The lowest BCUT2D eigenvalue weighted by atomic mass is 9.74. The molecule has 0 aliphatic carbocycles. The van der Waals surface area contributed by atoms with Crippen LogP contribution < -0.4 is 0 Å². The molecule has 4 aliphatic heterocycles. The molecular weight excluding hydrogens is 498 g/mol. The molecule has 0 aromatic rings. The maximum Gasteiger partial charge on any atom is 0.247 e. The maximum atomic E-state index is 14.7. The summed E-state index contributed by atoms with van der Waals surface area (Å²) in [6.45, 7) is 18.2. The van der Waals surface area contributed by atoms with Crippen LogP contribution in [0.5, 0.6) is 0 Å². The summed E-state index contributed by atoms with van der Waals surface area (Å²) in [5.74, 6) is -1.49. The summed E-state index contributed by atoms with van der Waals surface area (Å²) >= 11 is 1.61. The van der Waals surface area contributed by atoms with Crippen LogP contribution in [0.15, 0.2) is 24.3 Å². The molecule has 1 N–H and O–H groups in total. The number of fused-ring (bicyclic) bond motifs is 2. The molecule has 2 fully saturated rings. The lowest BCUT2D eigenvalue weighted by Gasteiger charge is -2.45. The number of likely N-dealkylation sites (tertiary alicyclic amines) is 1. The van der Waals surface area contributed by atoms with Crippen molar-refractivity contribution >= 4 is 29.5 Å². The first-order valence-corrected chi connectivity index (χ1v) is 15.1. The van der Waals surface area contributed by atoms with E-state index in [1.54, 1.807) is 16.7 Å². The summed E-state index contributed by atoms with van der Waals surface area (Å²) in [4.78, 5) is 48.7. The molecule has 38 heavy (non-hydrogen) atoms. The van der Waals surface area contributed by atoms with Gasteiger partial charge >= 0.3 is 0 Å². The number of nitrogens with zero attached hydrogens (tertiary/aromatic N) is 3. The molecule has 1 spiro atoms. The summed E-state index contributed by atoms with van der Waals surface area (Å²) in [6, 6.07) is -1.25. The largest absolute Gasteiger partial charge is 0.394 e. The van der Waals surface area contributed by atoms with Crippen molar-refractivity contribution < 1.29 is 19.5 Å². The van der Waals surface area contributed by atoms with Gasteiger partial charge in [0.1, 0.15) is 6.04 Å². The minimum absolute atomic E-state index is 0.00487.